The van der Waals surface area contributed by atoms with E-state index in [9.17, 15) is 4.79 Å². The fourth-order valence-electron chi connectivity index (χ4n) is 2.72. The summed E-state index contributed by atoms with van der Waals surface area (Å²) in [6, 6.07) is 13.9. The van der Waals surface area contributed by atoms with Gasteiger partial charge in [-0.25, -0.2) is 0 Å². The third-order valence-electron chi connectivity index (χ3n) is 3.76. The smallest absolute Gasteiger partial charge is 0.254 e. The van der Waals surface area contributed by atoms with Crippen molar-refractivity contribution in [2.75, 3.05) is 12.3 Å². The number of benzene rings is 2. The molecule has 102 valence electrons. The second-order valence-corrected chi connectivity index (χ2v) is 5.38. The first-order valence-electron chi connectivity index (χ1n) is 6.87. The number of nitrogen functional groups attached to an aromatic ring is 1. The number of aryl methyl sites for hydroxylation is 1. The van der Waals surface area contributed by atoms with Crippen LogP contribution in [-0.4, -0.2) is 17.4 Å². The molecule has 0 aromatic heterocycles. The Balaban J connectivity index is 1.85. The fourth-order valence-corrected chi connectivity index (χ4v) is 2.72. The molecule has 2 aromatic carbocycles. The van der Waals surface area contributed by atoms with E-state index >= 15 is 0 Å². The molecule has 0 bridgehead atoms. The third-order valence-corrected chi connectivity index (χ3v) is 3.76. The highest BCUT2D eigenvalue weighted by Gasteiger charge is 2.24. The predicted molar refractivity (Wildman–Crippen MR) is 80.5 cm³/mol. The van der Waals surface area contributed by atoms with E-state index in [2.05, 4.69) is 25.1 Å². The van der Waals surface area contributed by atoms with Crippen molar-refractivity contribution in [2.24, 2.45) is 0 Å². The number of carbonyl (C=O) groups excluding carboxylic acids is 1. The van der Waals surface area contributed by atoms with Crippen LogP contribution < -0.4 is 5.73 Å². The molecule has 2 aromatic rings. The van der Waals surface area contributed by atoms with Crippen molar-refractivity contribution in [1.29, 1.82) is 0 Å². The zero-order valence-electron chi connectivity index (χ0n) is 11.6. The Labute approximate surface area is 119 Å². The van der Waals surface area contributed by atoms with Crippen LogP contribution in [0, 0.1) is 6.92 Å². The Morgan fingerprint density at radius 2 is 2.05 bits per heavy atom. The summed E-state index contributed by atoms with van der Waals surface area (Å²) in [4.78, 5) is 14.4. The zero-order chi connectivity index (χ0) is 14.1. The fraction of sp³-hybridized carbons (Fsp3) is 0.235. The maximum absolute atomic E-state index is 12.5. The van der Waals surface area contributed by atoms with Gasteiger partial charge in [-0.3, -0.25) is 4.79 Å². The van der Waals surface area contributed by atoms with Gasteiger partial charge in [0.05, 0.1) is 0 Å². The van der Waals surface area contributed by atoms with E-state index in [1.165, 1.54) is 11.1 Å². The van der Waals surface area contributed by atoms with Gasteiger partial charge in [-0.15, -0.1) is 0 Å². The molecular weight excluding hydrogens is 248 g/mol. The normalized spacial score (nSPS) is 14.2. The second kappa shape index (κ2) is 5.00. The maximum Gasteiger partial charge on any atom is 0.254 e. The van der Waals surface area contributed by atoms with Gasteiger partial charge < -0.3 is 10.6 Å². The summed E-state index contributed by atoms with van der Waals surface area (Å²) in [6.07, 6.45) is 0.896. The number of carbonyl (C=O) groups is 1. The lowest BCUT2D eigenvalue weighted by Crippen LogP contribution is -2.37. The SMILES string of the molecule is Cc1cccc(CN2CCc3ccc(N)cc3C2=O)c1. The largest absolute Gasteiger partial charge is 0.399 e. The molecule has 3 rings (SSSR count). The summed E-state index contributed by atoms with van der Waals surface area (Å²) in [5, 5.41) is 0. The number of fused-ring (bicyclic) bond motifs is 1. The van der Waals surface area contributed by atoms with Gasteiger partial charge in [0, 0.05) is 24.3 Å². The number of anilines is 1. The monoisotopic (exact) mass is 266 g/mol. The first-order chi connectivity index (χ1) is 9.63. The van der Waals surface area contributed by atoms with Crippen LogP contribution in [0.25, 0.3) is 0 Å². The number of hydrogen-bond donors (Lipinski definition) is 1. The molecule has 3 heteroatoms. The summed E-state index contributed by atoms with van der Waals surface area (Å²) in [6.45, 7) is 3.50. The first-order valence-corrected chi connectivity index (χ1v) is 6.87. The molecule has 1 amide bonds. The Bertz CT molecular complexity index is 664. The topological polar surface area (TPSA) is 46.3 Å². The van der Waals surface area contributed by atoms with E-state index < -0.39 is 0 Å². The Morgan fingerprint density at radius 1 is 1.20 bits per heavy atom. The van der Waals surface area contributed by atoms with Crippen LogP contribution in [0.1, 0.15) is 27.0 Å². The van der Waals surface area contributed by atoms with Crippen molar-refractivity contribution in [3.05, 3.63) is 64.7 Å². The number of hydrogen-bond acceptors (Lipinski definition) is 2. The molecule has 0 fully saturated rings. The number of rotatable bonds is 2. The summed E-state index contributed by atoms with van der Waals surface area (Å²) in [5.74, 6) is 0.0834. The van der Waals surface area contributed by atoms with Gasteiger partial charge in [-0.2, -0.15) is 0 Å². The van der Waals surface area contributed by atoms with Gasteiger partial charge in [0.1, 0.15) is 0 Å². The second-order valence-electron chi connectivity index (χ2n) is 5.38. The molecule has 1 heterocycles. The first kappa shape index (κ1) is 12.7. The molecule has 0 aliphatic carbocycles. The molecule has 0 atom stereocenters. The van der Waals surface area contributed by atoms with Crippen LogP contribution in [0.2, 0.25) is 0 Å². The highest BCUT2D eigenvalue weighted by Crippen LogP contribution is 2.22. The van der Waals surface area contributed by atoms with Gasteiger partial charge in [-0.1, -0.05) is 35.9 Å². The molecule has 0 unspecified atom stereocenters. The molecular formula is C17H18N2O. The average molecular weight is 266 g/mol. The third kappa shape index (κ3) is 2.39. The van der Waals surface area contributed by atoms with Crippen LogP contribution >= 0.6 is 0 Å². The Morgan fingerprint density at radius 3 is 2.85 bits per heavy atom. The summed E-state index contributed by atoms with van der Waals surface area (Å²) < 4.78 is 0. The van der Waals surface area contributed by atoms with E-state index in [1.54, 1.807) is 6.07 Å². The lowest BCUT2D eigenvalue weighted by Gasteiger charge is -2.29. The van der Waals surface area contributed by atoms with E-state index in [4.69, 9.17) is 5.73 Å². The van der Waals surface area contributed by atoms with Gasteiger partial charge in [0.15, 0.2) is 0 Å². The van der Waals surface area contributed by atoms with Gasteiger partial charge in [0.2, 0.25) is 0 Å². The van der Waals surface area contributed by atoms with Gasteiger partial charge in [-0.05, 0) is 36.6 Å². The lowest BCUT2D eigenvalue weighted by molar-refractivity contribution is 0.0727. The van der Waals surface area contributed by atoms with Crippen molar-refractivity contribution < 1.29 is 4.79 Å². The minimum Gasteiger partial charge on any atom is -0.399 e. The molecule has 2 N–H and O–H groups in total. The molecule has 20 heavy (non-hydrogen) atoms. The minimum atomic E-state index is 0.0834. The molecule has 3 nitrogen and oxygen atoms in total. The Kier molecular flexibility index (Phi) is 3.18. The number of nitrogens with zero attached hydrogens (tertiary/aromatic N) is 1. The standard InChI is InChI=1S/C17H18N2O/c1-12-3-2-4-13(9-12)11-19-8-7-14-5-6-15(18)10-16(14)17(19)20/h2-6,9-10H,7-8,11,18H2,1H3. The van der Waals surface area contributed by atoms with E-state index in [-0.39, 0.29) is 5.91 Å². The van der Waals surface area contributed by atoms with Crippen LogP contribution in [0.15, 0.2) is 42.5 Å². The minimum absolute atomic E-state index is 0.0834. The molecule has 0 saturated carbocycles. The van der Waals surface area contributed by atoms with Gasteiger partial charge >= 0.3 is 0 Å². The lowest BCUT2D eigenvalue weighted by atomic mass is 9.98. The Hall–Kier alpha value is -2.29. The van der Waals surface area contributed by atoms with E-state index in [0.29, 0.717) is 12.2 Å². The average Bonchev–Trinajstić information content (AvgIpc) is 2.43. The van der Waals surface area contributed by atoms with Crippen molar-refractivity contribution in [3.8, 4) is 0 Å². The van der Waals surface area contributed by atoms with Gasteiger partial charge in [0.25, 0.3) is 5.91 Å². The van der Waals surface area contributed by atoms with Crippen LogP contribution in [-0.2, 0) is 13.0 Å². The van der Waals surface area contributed by atoms with E-state index in [1.807, 2.05) is 23.1 Å². The number of nitrogens with two attached hydrogens (primary N) is 1. The predicted octanol–water partition coefficient (Wildman–Crippen LogP) is 2.78. The van der Waals surface area contributed by atoms with Crippen molar-refractivity contribution in [1.82, 2.24) is 4.90 Å². The number of amides is 1. The maximum atomic E-state index is 12.5. The molecule has 1 aliphatic rings. The summed E-state index contributed by atoms with van der Waals surface area (Å²) in [5.41, 5.74) is 10.7. The van der Waals surface area contributed by atoms with Crippen LogP contribution in [0.3, 0.4) is 0 Å². The van der Waals surface area contributed by atoms with Crippen LogP contribution in [0.4, 0.5) is 5.69 Å². The quantitative estimate of drug-likeness (QED) is 0.850. The molecule has 0 spiro atoms. The van der Waals surface area contributed by atoms with Crippen molar-refractivity contribution in [2.45, 2.75) is 19.9 Å². The van der Waals surface area contributed by atoms with Crippen molar-refractivity contribution >= 4 is 11.6 Å². The molecule has 1 aliphatic heterocycles. The summed E-state index contributed by atoms with van der Waals surface area (Å²) in [7, 11) is 0. The van der Waals surface area contributed by atoms with Crippen molar-refractivity contribution in [3.63, 3.8) is 0 Å². The highest BCUT2D eigenvalue weighted by molar-refractivity contribution is 5.97. The van der Waals surface area contributed by atoms with Crippen LogP contribution in [0.5, 0.6) is 0 Å². The molecule has 0 saturated heterocycles. The van der Waals surface area contributed by atoms with E-state index in [0.717, 1.165) is 24.1 Å². The summed E-state index contributed by atoms with van der Waals surface area (Å²) >= 11 is 0. The highest BCUT2D eigenvalue weighted by atomic mass is 16.2. The molecule has 0 radical (unpaired) electrons. The zero-order valence-corrected chi connectivity index (χ0v) is 11.6.